The number of hydrogen-bond acceptors (Lipinski definition) is 1. The highest BCUT2D eigenvalue weighted by Crippen LogP contribution is 2.34. The average Bonchev–Trinajstić information content (AvgIpc) is 2.62. The summed E-state index contributed by atoms with van der Waals surface area (Å²) < 4.78 is 36.0. The molecule has 1 nitrogen and oxygen atoms in total. The number of rotatable bonds is 3. The number of piperidine rings is 1. The molecule has 0 aromatic carbocycles. The third-order valence-electron chi connectivity index (χ3n) is 4.01. The van der Waals surface area contributed by atoms with Crippen molar-refractivity contribution in [1.82, 2.24) is 5.32 Å². The molecular weight excluding hydrogens is 215 g/mol. The van der Waals surface area contributed by atoms with Gasteiger partial charge in [-0.25, -0.2) is 0 Å². The molecule has 1 saturated carbocycles. The van der Waals surface area contributed by atoms with Crippen LogP contribution in [0.3, 0.4) is 0 Å². The van der Waals surface area contributed by atoms with Gasteiger partial charge in [-0.2, -0.15) is 13.2 Å². The maximum Gasteiger partial charge on any atom is 0.389 e. The summed E-state index contributed by atoms with van der Waals surface area (Å²) in [6, 6.07) is 0.936. The van der Waals surface area contributed by atoms with E-state index in [0.29, 0.717) is 18.5 Å². The lowest BCUT2D eigenvalue weighted by atomic mass is 9.88. The van der Waals surface area contributed by atoms with Crippen molar-refractivity contribution < 1.29 is 13.2 Å². The minimum atomic E-state index is -3.98. The maximum absolute atomic E-state index is 12.0. The molecule has 94 valence electrons. The zero-order valence-corrected chi connectivity index (χ0v) is 9.52. The van der Waals surface area contributed by atoms with Gasteiger partial charge in [0.1, 0.15) is 0 Å². The van der Waals surface area contributed by atoms with Crippen LogP contribution in [0.5, 0.6) is 0 Å². The Balaban J connectivity index is 1.67. The van der Waals surface area contributed by atoms with Crippen molar-refractivity contribution in [2.45, 2.75) is 69.6 Å². The lowest BCUT2D eigenvalue weighted by Gasteiger charge is -2.33. The Hall–Kier alpha value is -0.250. The fourth-order valence-electron chi connectivity index (χ4n) is 3.18. The molecule has 1 aliphatic heterocycles. The quantitative estimate of drug-likeness (QED) is 0.787. The number of alkyl halides is 3. The Morgan fingerprint density at radius 3 is 2.62 bits per heavy atom. The van der Waals surface area contributed by atoms with E-state index in [1.54, 1.807) is 0 Å². The molecule has 3 atom stereocenters. The van der Waals surface area contributed by atoms with Crippen LogP contribution < -0.4 is 5.32 Å². The smallest absolute Gasteiger partial charge is 0.311 e. The number of hydrogen-bond donors (Lipinski definition) is 1. The lowest BCUT2D eigenvalue weighted by molar-refractivity contribution is -0.135. The summed E-state index contributed by atoms with van der Waals surface area (Å²) in [5.74, 6) is 0.805. The van der Waals surface area contributed by atoms with Crippen LogP contribution >= 0.6 is 0 Å². The standard InChI is InChI=1S/C12H20F3N/c13-12(14,15)8-2-4-10-7-6-9-3-1-5-11(9)16-10/h9-11,16H,1-8H2. The minimum absolute atomic E-state index is 0.276. The van der Waals surface area contributed by atoms with Gasteiger partial charge in [-0.05, 0) is 44.4 Å². The molecule has 1 N–H and O–H groups in total. The molecule has 4 heteroatoms. The molecule has 0 amide bonds. The van der Waals surface area contributed by atoms with Crippen LogP contribution in [-0.2, 0) is 0 Å². The Bertz CT molecular complexity index is 227. The van der Waals surface area contributed by atoms with Crippen molar-refractivity contribution in [2.24, 2.45) is 5.92 Å². The van der Waals surface area contributed by atoms with Gasteiger partial charge < -0.3 is 5.32 Å². The summed E-state index contributed by atoms with van der Waals surface area (Å²) in [5.41, 5.74) is 0. The molecule has 0 bridgehead atoms. The molecule has 0 aromatic heterocycles. The zero-order chi connectivity index (χ0) is 11.6. The van der Waals surface area contributed by atoms with Crippen LogP contribution in [0, 0.1) is 5.92 Å². The van der Waals surface area contributed by atoms with Crippen LogP contribution in [0.4, 0.5) is 13.2 Å². The van der Waals surface area contributed by atoms with E-state index < -0.39 is 12.6 Å². The van der Waals surface area contributed by atoms with E-state index in [9.17, 15) is 13.2 Å². The van der Waals surface area contributed by atoms with E-state index in [2.05, 4.69) is 5.32 Å². The Morgan fingerprint density at radius 1 is 1.06 bits per heavy atom. The molecule has 16 heavy (non-hydrogen) atoms. The van der Waals surface area contributed by atoms with Gasteiger partial charge in [0.15, 0.2) is 0 Å². The topological polar surface area (TPSA) is 12.0 Å². The number of nitrogens with one attached hydrogen (secondary N) is 1. The molecule has 0 spiro atoms. The molecule has 2 aliphatic rings. The molecule has 1 heterocycles. The zero-order valence-electron chi connectivity index (χ0n) is 9.52. The van der Waals surface area contributed by atoms with Crippen molar-refractivity contribution in [3.63, 3.8) is 0 Å². The van der Waals surface area contributed by atoms with Crippen molar-refractivity contribution in [2.75, 3.05) is 0 Å². The van der Waals surface area contributed by atoms with E-state index in [1.165, 1.54) is 25.7 Å². The Morgan fingerprint density at radius 2 is 1.88 bits per heavy atom. The SMILES string of the molecule is FC(F)(F)CCCC1CCC2CCCC2N1. The molecule has 3 unspecified atom stereocenters. The van der Waals surface area contributed by atoms with E-state index in [-0.39, 0.29) is 6.42 Å². The highest BCUT2D eigenvalue weighted by Gasteiger charge is 2.33. The molecule has 2 rings (SSSR count). The second-order valence-corrected chi connectivity index (χ2v) is 5.25. The van der Waals surface area contributed by atoms with Gasteiger partial charge in [0.05, 0.1) is 0 Å². The van der Waals surface area contributed by atoms with Gasteiger partial charge >= 0.3 is 6.18 Å². The van der Waals surface area contributed by atoms with Crippen LogP contribution in [0.2, 0.25) is 0 Å². The van der Waals surface area contributed by atoms with Gasteiger partial charge in [0.2, 0.25) is 0 Å². The van der Waals surface area contributed by atoms with Crippen LogP contribution in [0.15, 0.2) is 0 Å². The first-order valence-corrected chi connectivity index (χ1v) is 6.37. The summed E-state index contributed by atoms with van der Waals surface area (Å²) in [6.45, 7) is 0. The largest absolute Gasteiger partial charge is 0.389 e. The predicted octanol–water partition coefficient (Wildman–Crippen LogP) is 3.64. The second-order valence-electron chi connectivity index (χ2n) is 5.25. The summed E-state index contributed by atoms with van der Waals surface area (Å²) in [6.07, 6.45) is 2.46. The van der Waals surface area contributed by atoms with E-state index in [4.69, 9.17) is 0 Å². The monoisotopic (exact) mass is 235 g/mol. The normalized spacial score (nSPS) is 35.1. The summed E-state index contributed by atoms with van der Waals surface area (Å²) in [7, 11) is 0. The van der Waals surface area contributed by atoms with E-state index in [1.807, 2.05) is 0 Å². The predicted molar refractivity (Wildman–Crippen MR) is 57.2 cm³/mol. The third kappa shape index (κ3) is 3.37. The van der Waals surface area contributed by atoms with Crippen molar-refractivity contribution >= 4 is 0 Å². The van der Waals surface area contributed by atoms with Gasteiger partial charge in [0, 0.05) is 18.5 Å². The fourth-order valence-corrected chi connectivity index (χ4v) is 3.18. The molecule has 2 fully saturated rings. The molecule has 0 radical (unpaired) electrons. The van der Waals surface area contributed by atoms with Crippen molar-refractivity contribution in [1.29, 1.82) is 0 Å². The minimum Gasteiger partial charge on any atom is -0.311 e. The highest BCUT2D eigenvalue weighted by atomic mass is 19.4. The number of fused-ring (bicyclic) bond motifs is 1. The van der Waals surface area contributed by atoms with Gasteiger partial charge in [0.25, 0.3) is 0 Å². The second kappa shape index (κ2) is 4.94. The summed E-state index contributed by atoms with van der Waals surface area (Å²) in [5, 5.41) is 3.53. The maximum atomic E-state index is 12.0. The van der Waals surface area contributed by atoms with Crippen molar-refractivity contribution in [3.8, 4) is 0 Å². The molecular formula is C12H20F3N. The van der Waals surface area contributed by atoms with Crippen molar-refractivity contribution in [3.05, 3.63) is 0 Å². The first-order chi connectivity index (χ1) is 7.54. The highest BCUT2D eigenvalue weighted by molar-refractivity contribution is 4.90. The van der Waals surface area contributed by atoms with E-state index in [0.717, 1.165) is 12.3 Å². The first-order valence-electron chi connectivity index (χ1n) is 6.37. The Labute approximate surface area is 94.8 Å². The summed E-state index contributed by atoms with van der Waals surface area (Å²) >= 11 is 0. The van der Waals surface area contributed by atoms with E-state index >= 15 is 0 Å². The number of halogens is 3. The lowest BCUT2D eigenvalue weighted by Crippen LogP contribution is -2.45. The third-order valence-corrected chi connectivity index (χ3v) is 4.01. The van der Waals surface area contributed by atoms with Crippen LogP contribution in [0.1, 0.15) is 51.4 Å². The Kier molecular flexibility index (Phi) is 3.77. The van der Waals surface area contributed by atoms with Crippen LogP contribution in [-0.4, -0.2) is 18.3 Å². The van der Waals surface area contributed by atoms with Gasteiger partial charge in [-0.15, -0.1) is 0 Å². The molecule has 1 aliphatic carbocycles. The van der Waals surface area contributed by atoms with Crippen LogP contribution in [0.25, 0.3) is 0 Å². The van der Waals surface area contributed by atoms with Gasteiger partial charge in [-0.3, -0.25) is 0 Å². The summed E-state index contributed by atoms with van der Waals surface area (Å²) in [4.78, 5) is 0. The van der Waals surface area contributed by atoms with Gasteiger partial charge in [-0.1, -0.05) is 6.42 Å². The average molecular weight is 235 g/mol. The molecule has 0 aromatic rings. The first kappa shape index (κ1) is 12.2. The molecule has 1 saturated heterocycles. The fraction of sp³-hybridized carbons (Fsp3) is 1.00.